The van der Waals surface area contributed by atoms with Crippen molar-refractivity contribution < 1.29 is 96.6 Å². The maximum atomic E-state index is 13.7. The van der Waals surface area contributed by atoms with Gasteiger partial charge in [0, 0.05) is 12.8 Å². The van der Waals surface area contributed by atoms with Gasteiger partial charge < -0.3 is 44.0 Å². The van der Waals surface area contributed by atoms with Crippen molar-refractivity contribution in [1.82, 2.24) is 4.90 Å². The molecule has 1 saturated heterocycles. The quantitative estimate of drug-likeness (QED) is 0.00744. The Balaban J connectivity index is -0.000000310. The Morgan fingerprint density at radius 1 is 0.481 bits per heavy atom. The second-order valence-corrected chi connectivity index (χ2v) is 30.2. The minimum Gasteiger partial charge on any atom is -0.479 e. The second-order valence-electron chi connectivity index (χ2n) is 26.6. The van der Waals surface area contributed by atoms with Gasteiger partial charge in [0.05, 0.1) is 34.4 Å². The van der Waals surface area contributed by atoms with Crippen LogP contribution in [0.3, 0.4) is 0 Å². The van der Waals surface area contributed by atoms with E-state index in [0.717, 1.165) is 141 Å². The number of aldehydes is 1. The van der Waals surface area contributed by atoms with Gasteiger partial charge in [0.25, 0.3) is 6.47 Å². The number of nitrogens with zero attached hydrogens (tertiary/aromatic N) is 1. The van der Waals surface area contributed by atoms with Crippen LogP contribution in [0.4, 0.5) is 0 Å². The number of esters is 3. The van der Waals surface area contributed by atoms with E-state index < -0.39 is 118 Å². The van der Waals surface area contributed by atoms with E-state index in [1.165, 1.54) is 86.4 Å². The molecule has 0 aliphatic carbocycles. The number of halogens is 3. The molecule has 1 fully saturated rings. The number of carbonyl (C=O) groups is 13. The van der Waals surface area contributed by atoms with E-state index >= 15 is 0 Å². The van der Waals surface area contributed by atoms with Gasteiger partial charge in [-0.3, -0.25) is 43.2 Å². The van der Waals surface area contributed by atoms with E-state index in [2.05, 4.69) is 127 Å². The van der Waals surface area contributed by atoms with Crippen molar-refractivity contribution in [2.75, 3.05) is 19.6 Å². The van der Waals surface area contributed by atoms with E-state index in [1.807, 2.05) is 0 Å². The molecule has 0 aromatic carbocycles. The molecule has 0 amide bonds. The van der Waals surface area contributed by atoms with Crippen LogP contribution in [0.2, 0.25) is 0 Å². The lowest BCUT2D eigenvalue weighted by atomic mass is 9.75. The average Bonchev–Trinajstić information content (AvgIpc) is 0.835. The predicted molar refractivity (Wildman–Crippen MR) is 424 cm³/mol. The van der Waals surface area contributed by atoms with Gasteiger partial charge in [0.15, 0.2) is 53.5 Å². The van der Waals surface area contributed by atoms with Crippen molar-refractivity contribution in [3.8, 4) is 0 Å². The third-order valence-electron chi connectivity index (χ3n) is 17.5. The van der Waals surface area contributed by atoms with Crippen LogP contribution in [0.25, 0.3) is 0 Å². The van der Waals surface area contributed by atoms with Crippen LogP contribution >= 0.6 is 47.8 Å². The Morgan fingerprint density at radius 3 is 1.17 bits per heavy atom. The van der Waals surface area contributed by atoms with Crippen LogP contribution < -0.4 is 0 Å². The minimum atomic E-state index is -1.26. The SMILES string of the molecule is CC(Br)C(=O)Br.CCCCCCC(O)C(=O)C(C)C(=O)C(CCCCCC)C(=O)C(C)C(=O)C(CCCCCC)C(=O)C(C)C(C)=O.CCCCCCC(O)OC=O.CCCCCCC(OC(=O)C(C)Br)C(=O)O.CCCCCCC1OC(=O)C(C)OC1=O.CCCCCCC=O.CCN(CC)CC. The van der Waals surface area contributed by atoms with Crippen molar-refractivity contribution in [3.63, 3.8) is 0 Å². The summed E-state index contributed by atoms with van der Waals surface area (Å²) < 4.78 is 19.0. The molecule has 21 nitrogen and oxygen atoms in total. The highest BCUT2D eigenvalue weighted by Crippen LogP contribution is 2.28. The number of ether oxygens (including phenoxy) is 4. The maximum absolute atomic E-state index is 13.7. The number of carboxylic acid groups (broad SMARTS) is 1. The van der Waals surface area contributed by atoms with Crippen LogP contribution in [-0.4, -0.2) is 156 Å². The molecule has 0 aromatic heterocycles. The Kier molecular flexibility index (Phi) is 80.9. The van der Waals surface area contributed by atoms with Crippen molar-refractivity contribution in [3.05, 3.63) is 0 Å². The zero-order valence-electron chi connectivity index (χ0n) is 67.3. The summed E-state index contributed by atoms with van der Waals surface area (Å²) in [6.07, 6.45) is 27.1. The van der Waals surface area contributed by atoms with Gasteiger partial charge >= 0.3 is 23.9 Å². The van der Waals surface area contributed by atoms with E-state index in [4.69, 9.17) is 24.4 Å². The lowest BCUT2D eigenvalue weighted by Gasteiger charge is -2.25. The smallest absolute Gasteiger partial charge is 0.348 e. The zero-order valence-corrected chi connectivity index (χ0v) is 72.1. The number of aliphatic hydroxyl groups is 2. The summed E-state index contributed by atoms with van der Waals surface area (Å²) in [7, 11) is 0. The number of Topliss-reactive ketones (excluding diaryl/α,β-unsaturated/α-hetero) is 6. The lowest BCUT2D eigenvalue weighted by molar-refractivity contribution is -0.193. The van der Waals surface area contributed by atoms with Gasteiger partial charge in [-0.25, -0.2) is 14.4 Å². The molecule has 1 aliphatic rings. The number of hydrogen-bond donors (Lipinski definition) is 3. The Bertz CT molecular complexity index is 2260. The number of carboxylic acids is 1. The third kappa shape index (κ3) is 62.0. The summed E-state index contributed by atoms with van der Waals surface area (Å²) in [6.45, 7) is 35.7. The van der Waals surface area contributed by atoms with Gasteiger partial charge in [-0.2, -0.15) is 0 Å². The molecule has 0 spiro atoms. The fraction of sp³-hybridized carbons (Fsp3) is 0.838. The molecular weight excluding hydrogens is 1530 g/mol. The summed E-state index contributed by atoms with van der Waals surface area (Å²) >= 11 is 8.84. The molecule has 610 valence electrons. The van der Waals surface area contributed by atoms with Crippen molar-refractivity contribution in [2.24, 2.45) is 29.6 Å². The molecule has 104 heavy (non-hydrogen) atoms. The molecule has 0 radical (unpaired) electrons. The molecular formula is C80H144Br3NO20. The monoisotopic (exact) mass is 1680 g/mol. The van der Waals surface area contributed by atoms with E-state index in [1.54, 1.807) is 13.8 Å². The molecule has 24 heteroatoms. The summed E-state index contributed by atoms with van der Waals surface area (Å²) in [5, 5.41) is 28.2. The number of unbranched alkanes of at least 4 members (excludes halogenated alkanes) is 22. The van der Waals surface area contributed by atoms with Crippen LogP contribution in [0.1, 0.15) is 342 Å². The Labute approximate surface area is 653 Å². The second kappa shape index (κ2) is 75.8. The van der Waals surface area contributed by atoms with E-state index in [9.17, 15) is 67.4 Å². The highest BCUT2D eigenvalue weighted by molar-refractivity contribution is 9.20. The molecule has 3 N–H and O–H groups in total. The number of cyclic esters (lactones) is 2. The number of hydrogen-bond acceptors (Lipinski definition) is 20. The summed E-state index contributed by atoms with van der Waals surface area (Å²) in [4.78, 5) is 155. The van der Waals surface area contributed by atoms with Gasteiger partial charge in [-0.15, -0.1) is 0 Å². The first kappa shape index (κ1) is 111. The van der Waals surface area contributed by atoms with Crippen molar-refractivity contribution >= 4 is 124 Å². The van der Waals surface area contributed by atoms with E-state index in [-0.39, 0.29) is 41.0 Å². The number of rotatable bonds is 55. The Hall–Kier alpha value is -3.97. The van der Waals surface area contributed by atoms with Gasteiger partial charge in [0.2, 0.25) is 4.69 Å². The standard InChI is InChI=1S/C34H58O7.C11H19BrO4.C11H18O4.C8H16O3.C7H14O.C6H15N.C3H4Br2O/c1-8-11-14-17-20-27(30(37)23(4)26(7)35)31(38)24(5)32(39)28(21-18-15-12-9-2)33(40)25(6)34(41)29(36)22-19-16-13-10-3;1-3-4-5-6-7-9(10(13)14)16-11(15)8(2)12;1-3-4-5-6-7-9-11(13)14-8(2)10(12)15-9;1-2-3-4-5-6-8(10)11-7-9;1-2-3-4-5-6-7-8;1-4-7(5-2)6-3;1-2(4)3(5)6/h23-25,27-29,36H,8-22H2,1-7H3;8-9H,3-7H2,1-2H3,(H,13,14);8-9H,3-7H2,1-2H3;7-8,10H,2-6H2,1H3;7H,2-6H2,1H3;4-6H2,1-3H3;2H,1H3. The minimum absolute atomic E-state index is 0.0116. The van der Waals surface area contributed by atoms with Crippen LogP contribution in [0.15, 0.2) is 0 Å². The summed E-state index contributed by atoms with van der Waals surface area (Å²) in [5.41, 5.74) is 0. The number of aliphatic carboxylic acids is 1. The molecule has 0 bridgehead atoms. The lowest BCUT2D eigenvalue weighted by Crippen LogP contribution is -2.42. The van der Waals surface area contributed by atoms with Crippen LogP contribution in [-0.2, 0) is 81.3 Å². The van der Waals surface area contributed by atoms with Crippen molar-refractivity contribution in [1.29, 1.82) is 0 Å². The first-order valence-electron chi connectivity index (χ1n) is 39.3. The first-order chi connectivity index (χ1) is 49.2. The number of ketones is 6. The highest BCUT2D eigenvalue weighted by Gasteiger charge is 2.42. The average molecular weight is 1680 g/mol. The van der Waals surface area contributed by atoms with Gasteiger partial charge in [-0.1, -0.05) is 255 Å². The summed E-state index contributed by atoms with van der Waals surface area (Å²) in [6, 6.07) is 0. The number of alkyl halides is 2. The number of aliphatic hydroxyl groups excluding tert-OH is 2. The number of carbonyl (C=O) groups excluding carboxylic acids is 12. The zero-order chi connectivity index (χ0) is 81.0. The normalized spacial score (nSPS) is 15.7. The summed E-state index contributed by atoms with van der Waals surface area (Å²) in [5.74, 6) is -11.1. The van der Waals surface area contributed by atoms with Crippen molar-refractivity contribution in [2.45, 2.75) is 383 Å². The van der Waals surface area contributed by atoms with Gasteiger partial charge in [0.1, 0.15) is 23.0 Å². The molecule has 0 saturated carbocycles. The molecule has 0 aromatic rings. The van der Waals surface area contributed by atoms with Crippen LogP contribution in [0, 0.1) is 29.6 Å². The maximum Gasteiger partial charge on any atom is 0.348 e. The molecule has 12 atom stereocenters. The highest BCUT2D eigenvalue weighted by atomic mass is 79.9. The molecule has 1 heterocycles. The molecule has 1 aliphatic heterocycles. The predicted octanol–water partition coefficient (Wildman–Crippen LogP) is 18.0. The van der Waals surface area contributed by atoms with E-state index in [0.29, 0.717) is 38.5 Å². The van der Waals surface area contributed by atoms with Gasteiger partial charge in [-0.05, 0) is 142 Å². The fourth-order valence-corrected chi connectivity index (χ4v) is 10.3. The topological polar surface area (TPSA) is 323 Å². The molecule has 12 unspecified atom stereocenters. The Morgan fingerprint density at radius 2 is 0.837 bits per heavy atom. The van der Waals surface area contributed by atoms with Crippen LogP contribution in [0.5, 0.6) is 0 Å². The first-order valence-corrected chi connectivity index (χ1v) is 42.0. The third-order valence-corrected chi connectivity index (χ3v) is 19.6. The largest absolute Gasteiger partial charge is 0.479 e. The molecule has 1 rings (SSSR count). The fourth-order valence-electron chi connectivity index (χ4n) is 10.2.